The Hall–Kier alpha value is -0.510. The minimum Gasteiger partial charge on any atom is -0.396 e. The number of fused-ring (bicyclic) bond motifs is 1. The molecule has 1 heterocycles. The van der Waals surface area contributed by atoms with E-state index in [0.717, 1.165) is 25.9 Å². The first-order valence-electron chi connectivity index (χ1n) is 6.89. The number of hydrogen-bond donors (Lipinski definition) is 2. The molecule has 0 aliphatic carbocycles. The Kier molecular flexibility index (Phi) is 5.54. The lowest BCUT2D eigenvalue weighted by atomic mass is 10.0. The smallest absolute Gasteiger partial charge is 0.0434 e. The normalized spacial score (nSPS) is 19.8. The van der Waals surface area contributed by atoms with Crippen LogP contribution in [0.3, 0.4) is 0 Å². The minimum absolute atomic E-state index is 0.309. The number of aliphatic hydroxyl groups excluding tert-OH is 1. The van der Waals surface area contributed by atoms with Crippen LogP contribution in [0, 0.1) is 5.92 Å². The standard InChI is InChI=1S/C15H23NOS/c1-2-12(7-8-17)10-16-11-14-9-13-5-3-4-6-15(13)18-14/h3-6,12,14,16-17H,2,7-11H2,1H3. The molecule has 1 aliphatic rings. The van der Waals surface area contributed by atoms with E-state index in [1.54, 1.807) is 0 Å². The summed E-state index contributed by atoms with van der Waals surface area (Å²) in [5.74, 6) is 0.615. The Labute approximate surface area is 114 Å². The second-order valence-electron chi connectivity index (χ2n) is 5.00. The summed E-state index contributed by atoms with van der Waals surface area (Å²) >= 11 is 2.00. The summed E-state index contributed by atoms with van der Waals surface area (Å²) in [5, 5.41) is 13.2. The van der Waals surface area contributed by atoms with Crippen molar-refractivity contribution in [1.82, 2.24) is 5.32 Å². The molecule has 0 amide bonds. The summed E-state index contributed by atoms with van der Waals surface area (Å²) in [7, 11) is 0. The maximum absolute atomic E-state index is 8.97. The van der Waals surface area contributed by atoms with Gasteiger partial charge in [0.1, 0.15) is 0 Å². The van der Waals surface area contributed by atoms with Gasteiger partial charge in [-0.1, -0.05) is 31.5 Å². The molecular formula is C15H23NOS. The van der Waals surface area contributed by atoms with Crippen molar-refractivity contribution in [2.45, 2.75) is 36.3 Å². The molecule has 1 aromatic carbocycles. The molecule has 18 heavy (non-hydrogen) atoms. The van der Waals surface area contributed by atoms with E-state index in [4.69, 9.17) is 5.11 Å². The van der Waals surface area contributed by atoms with E-state index in [0.29, 0.717) is 17.8 Å². The van der Waals surface area contributed by atoms with Crippen molar-refractivity contribution < 1.29 is 5.11 Å². The van der Waals surface area contributed by atoms with E-state index in [2.05, 4.69) is 36.5 Å². The molecule has 0 spiro atoms. The van der Waals surface area contributed by atoms with Crippen LogP contribution >= 0.6 is 11.8 Å². The van der Waals surface area contributed by atoms with Crippen molar-refractivity contribution in [3.8, 4) is 0 Å². The highest BCUT2D eigenvalue weighted by Crippen LogP contribution is 2.36. The zero-order valence-corrected chi connectivity index (χ0v) is 11.9. The highest BCUT2D eigenvalue weighted by Gasteiger charge is 2.21. The van der Waals surface area contributed by atoms with Gasteiger partial charge in [-0.25, -0.2) is 0 Å². The first-order valence-corrected chi connectivity index (χ1v) is 7.77. The molecule has 0 saturated heterocycles. The van der Waals surface area contributed by atoms with Crippen LogP contribution in [0.5, 0.6) is 0 Å². The quantitative estimate of drug-likeness (QED) is 0.795. The monoisotopic (exact) mass is 265 g/mol. The van der Waals surface area contributed by atoms with Gasteiger partial charge in [-0.15, -0.1) is 11.8 Å². The lowest BCUT2D eigenvalue weighted by molar-refractivity contribution is 0.251. The largest absolute Gasteiger partial charge is 0.396 e. The second kappa shape index (κ2) is 7.17. The molecule has 0 fully saturated rings. The van der Waals surface area contributed by atoms with Gasteiger partial charge in [-0.2, -0.15) is 0 Å². The molecule has 1 aromatic rings. The summed E-state index contributed by atoms with van der Waals surface area (Å²) in [4.78, 5) is 1.45. The van der Waals surface area contributed by atoms with Crippen molar-refractivity contribution in [3.63, 3.8) is 0 Å². The van der Waals surface area contributed by atoms with Crippen LogP contribution in [0.2, 0.25) is 0 Å². The van der Waals surface area contributed by atoms with Crippen LogP contribution in [-0.4, -0.2) is 30.1 Å². The van der Waals surface area contributed by atoms with E-state index in [1.807, 2.05) is 11.8 Å². The molecule has 0 radical (unpaired) electrons. The molecule has 1 aliphatic heterocycles. The molecule has 2 unspecified atom stereocenters. The summed E-state index contributed by atoms with van der Waals surface area (Å²) in [6, 6.07) is 8.71. The summed E-state index contributed by atoms with van der Waals surface area (Å²) in [5.41, 5.74) is 1.50. The van der Waals surface area contributed by atoms with Crippen LogP contribution in [0.4, 0.5) is 0 Å². The summed E-state index contributed by atoms with van der Waals surface area (Å²) < 4.78 is 0. The predicted octanol–water partition coefficient (Wildman–Crippen LogP) is 2.70. The van der Waals surface area contributed by atoms with Crippen molar-refractivity contribution in [2.75, 3.05) is 19.7 Å². The summed E-state index contributed by atoms with van der Waals surface area (Å²) in [6.07, 6.45) is 3.25. The fraction of sp³-hybridized carbons (Fsp3) is 0.600. The van der Waals surface area contributed by atoms with Crippen molar-refractivity contribution in [3.05, 3.63) is 29.8 Å². The van der Waals surface area contributed by atoms with Gasteiger partial charge in [0, 0.05) is 23.3 Å². The van der Waals surface area contributed by atoms with Crippen LogP contribution in [0.15, 0.2) is 29.2 Å². The Morgan fingerprint density at radius 1 is 1.44 bits per heavy atom. The van der Waals surface area contributed by atoms with Crippen LogP contribution in [0.25, 0.3) is 0 Å². The van der Waals surface area contributed by atoms with Gasteiger partial charge in [-0.3, -0.25) is 0 Å². The molecule has 0 bridgehead atoms. The molecule has 0 aromatic heterocycles. The first kappa shape index (κ1) is 13.9. The molecule has 2 atom stereocenters. The number of hydrogen-bond acceptors (Lipinski definition) is 3. The fourth-order valence-corrected chi connectivity index (χ4v) is 3.73. The van der Waals surface area contributed by atoms with E-state index < -0.39 is 0 Å². The molecule has 3 heteroatoms. The van der Waals surface area contributed by atoms with Gasteiger partial charge < -0.3 is 10.4 Å². The van der Waals surface area contributed by atoms with Crippen molar-refractivity contribution in [2.24, 2.45) is 5.92 Å². The Balaban J connectivity index is 1.70. The van der Waals surface area contributed by atoms with Gasteiger partial charge in [-0.05, 0) is 36.9 Å². The Morgan fingerprint density at radius 3 is 3.00 bits per heavy atom. The SMILES string of the molecule is CCC(CCO)CNCC1Cc2ccccc2S1. The highest BCUT2D eigenvalue weighted by molar-refractivity contribution is 8.00. The maximum atomic E-state index is 8.97. The fourth-order valence-electron chi connectivity index (χ4n) is 2.45. The van der Waals surface area contributed by atoms with E-state index in [1.165, 1.54) is 16.9 Å². The topological polar surface area (TPSA) is 32.3 Å². The van der Waals surface area contributed by atoms with E-state index in [9.17, 15) is 0 Å². The number of aliphatic hydroxyl groups is 1. The van der Waals surface area contributed by atoms with Crippen molar-refractivity contribution in [1.29, 1.82) is 0 Å². The third kappa shape index (κ3) is 3.74. The Bertz CT molecular complexity index is 344. The minimum atomic E-state index is 0.309. The van der Waals surface area contributed by atoms with Gasteiger partial charge >= 0.3 is 0 Å². The summed E-state index contributed by atoms with van der Waals surface area (Å²) in [6.45, 7) is 4.61. The zero-order chi connectivity index (χ0) is 12.8. The van der Waals surface area contributed by atoms with Crippen molar-refractivity contribution >= 4 is 11.8 Å². The second-order valence-corrected chi connectivity index (χ2v) is 6.34. The molecule has 100 valence electrons. The van der Waals surface area contributed by atoms with Crippen LogP contribution < -0.4 is 5.32 Å². The molecule has 2 N–H and O–H groups in total. The lowest BCUT2D eigenvalue weighted by Gasteiger charge is -2.16. The number of thioether (sulfide) groups is 1. The number of nitrogens with one attached hydrogen (secondary N) is 1. The average molecular weight is 265 g/mol. The average Bonchev–Trinajstić information content (AvgIpc) is 2.80. The lowest BCUT2D eigenvalue weighted by Crippen LogP contribution is -2.29. The third-order valence-corrected chi connectivity index (χ3v) is 4.95. The molecule has 0 saturated carbocycles. The maximum Gasteiger partial charge on any atom is 0.0434 e. The molecule has 2 nitrogen and oxygen atoms in total. The van der Waals surface area contributed by atoms with Gasteiger partial charge in [0.15, 0.2) is 0 Å². The van der Waals surface area contributed by atoms with Gasteiger partial charge in [0.2, 0.25) is 0 Å². The highest BCUT2D eigenvalue weighted by atomic mass is 32.2. The number of rotatable bonds is 7. The van der Waals surface area contributed by atoms with Crippen LogP contribution in [-0.2, 0) is 6.42 Å². The zero-order valence-electron chi connectivity index (χ0n) is 11.1. The predicted molar refractivity (Wildman–Crippen MR) is 78.1 cm³/mol. The first-order chi connectivity index (χ1) is 8.83. The number of benzene rings is 1. The molecular weight excluding hydrogens is 242 g/mol. The van der Waals surface area contributed by atoms with Crippen LogP contribution in [0.1, 0.15) is 25.3 Å². The third-order valence-electron chi connectivity index (χ3n) is 3.63. The van der Waals surface area contributed by atoms with E-state index in [-0.39, 0.29) is 0 Å². The Morgan fingerprint density at radius 2 is 2.28 bits per heavy atom. The van der Waals surface area contributed by atoms with Gasteiger partial charge in [0.05, 0.1) is 0 Å². The molecule has 2 rings (SSSR count). The van der Waals surface area contributed by atoms with Gasteiger partial charge in [0.25, 0.3) is 0 Å². The van der Waals surface area contributed by atoms with E-state index >= 15 is 0 Å².